The van der Waals surface area contributed by atoms with Gasteiger partial charge < -0.3 is 14.8 Å². The third-order valence-electron chi connectivity index (χ3n) is 8.55. The summed E-state index contributed by atoms with van der Waals surface area (Å²) in [6.45, 7) is 5.07. The number of halogens is 2. The van der Waals surface area contributed by atoms with E-state index in [1.54, 1.807) is 26.8 Å². The van der Waals surface area contributed by atoms with Crippen LogP contribution in [0.3, 0.4) is 0 Å². The maximum Gasteiger partial charge on any atom is 0.349 e. The van der Waals surface area contributed by atoms with Crippen molar-refractivity contribution < 1.29 is 23.5 Å². The monoisotopic (exact) mass is 609 g/mol. The second-order valence-electron chi connectivity index (χ2n) is 12.1. The summed E-state index contributed by atoms with van der Waals surface area (Å²) in [6, 6.07) is 11.8. The molecule has 2 aliphatic rings. The summed E-state index contributed by atoms with van der Waals surface area (Å²) in [4.78, 5) is 26.6. The van der Waals surface area contributed by atoms with Crippen LogP contribution in [0.25, 0.3) is 5.69 Å². The maximum absolute atomic E-state index is 15.5. The smallest absolute Gasteiger partial charge is 0.349 e. The number of amides is 1. The zero-order valence-corrected chi connectivity index (χ0v) is 26.0. The minimum absolute atomic E-state index is 0.0655. The molecule has 9 heteroatoms. The summed E-state index contributed by atoms with van der Waals surface area (Å²) in [5.41, 5.74) is 2.75. The van der Waals surface area contributed by atoms with E-state index in [2.05, 4.69) is 5.32 Å². The Labute approximate surface area is 258 Å². The molecule has 230 valence electrons. The minimum Gasteiger partial charge on any atom is -0.476 e. The number of carbonyl (C=O) groups is 2. The first-order valence-electron chi connectivity index (χ1n) is 15.5. The molecule has 2 aromatic carbocycles. The van der Waals surface area contributed by atoms with Crippen molar-refractivity contribution >= 4 is 29.2 Å². The van der Waals surface area contributed by atoms with Crippen molar-refractivity contribution in [1.82, 2.24) is 9.78 Å². The minimum atomic E-state index is -1.29. The molecular formula is C34H41ClFN3O4. The number of aromatic nitrogens is 2. The largest absolute Gasteiger partial charge is 0.476 e. The number of aryl methyl sites for hydroxylation is 1. The lowest BCUT2D eigenvalue weighted by Crippen LogP contribution is -2.39. The first-order valence-corrected chi connectivity index (χ1v) is 15.9. The number of esters is 1. The average Bonchev–Trinajstić information content (AvgIpc) is 3.16. The fraction of sp³-hybridized carbons (Fsp3) is 0.500. The van der Waals surface area contributed by atoms with Gasteiger partial charge >= 0.3 is 5.97 Å². The van der Waals surface area contributed by atoms with Crippen LogP contribution in [-0.4, -0.2) is 33.9 Å². The molecule has 7 nitrogen and oxygen atoms in total. The lowest BCUT2D eigenvalue weighted by atomic mass is 9.76. The zero-order chi connectivity index (χ0) is 30.6. The summed E-state index contributed by atoms with van der Waals surface area (Å²) in [7, 11) is 0. The summed E-state index contributed by atoms with van der Waals surface area (Å²) in [6.07, 6.45) is 10.1. The molecule has 0 aliphatic heterocycles. The number of hydrogen-bond acceptors (Lipinski definition) is 5. The van der Waals surface area contributed by atoms with Gasteiger partial charge in [0.15, 0.2) is 5.60 Å². The van der Waals surface area contributed by atoms with Crippen LogP contribution in [-0.2, 0) is 27.2 Å². The fourth-order valence-electron chi connectivity index (χ4n) is 6.39. The van der Waals surface area contributed by atoms with Crippen LogP contribution in [0.1, 0.15) is 95.0 Å². The third kappa shape index (κ3) is 7.06. The van der Waals surface area contributed by atoms with Crippen molar-refractivity contribution in [3.8, 4) is 11.4 Å². The molecule has 5 rings (SSSR count). The summed E-state index contributed by atoms with van der Waals surface area (Å²) >= 11 is 6.22. The lowest BCUT2D eigenvalue weighted by Gasteiger charge is -2.31. The molecule has 1 aromatic heterocycles. The molecule has 0 radical (unpaired) electrons. The van der Waals surface area contributed by atoms with E-state index in [9.17, 15) is 9.59 Å². The van der Waals surface area contributed by atoms with Crippen molar-refractivity contribution in [3.63, 3.8) is 0 Å². The average molecular weight is 610 g/mol. The van der Waals surface area contributed by atoms with E-state index in [-0.39, 0.29) is 29.9 Å². The van der Waals surface area contributed by atoms with Crippen molar-refractivity contribution in [2.75, 3.05) is 11.9 Å². The van der Waals surface area contributed by atoms with E-state index < -0.39 is 23.3 Å². The Hall–Kier alpha value is -3.39. The van der Waals surface area contributed by atoms with Gasteiger partial charge in [0.25, 0.3) is 0 Å². The zero-order valence-electron chi connectivity index (χ0n) is 25.3. The molecule has 0 spiro atoms. The number of rotatable bonds is 9. The van der Waals surface area contributed by atoms with E-state index in [0.29, 0.717) is 5.02 Å². The highest BCUT2D eigenvalue weighted by Gasteiger charge is 2.38. The molecule has 0 bridgehead atoms. The molecule has 43 heavy (non-hydrogen) atoms. The SMILES string of the molecule is CCOC(=O)C(C)(C)Oc1ccc(NC(=O)C(c2c3c(nn2-c2ccc(Cl)cc2)CCCCC3)C2CCCCC2)c(F)c1. The van der Waals surface area contributed by atoms with E-state index in [0.717, 1.165) is 86.8 Å². The van der Waals surface area contributed by atoms with Gasteiger partial charge in [-0.1, -0.05) is 37.3 Å². The van der Waals surface area contributed by atoms with Crippen molar-refractivity contribution in [1.29, 1.82) is 0 Å². The molecular weight excluding hydrogens is 569 g/mol. The van der Waals surface area contributed by atoms with Crippen LogP contribution in [0, 0.1) is 11.7 Å². The van der Waals surface area contributed by atoms with Crippen LogP contribution in [0.5, 0.6) is 5.75 Å². The Bertz CT molecular complexity index is 1450. The summed E-state index contributed by atoms with van der Waals surface area (Å²) in [5.74, 6) is -1.64. The van der Waals surface area contributed by atoms with E-state index in [4.69, 9.17) is 26.2 Å². The molecule has 1 unspecified atom stereocenters. The van der Waals surface area contributed by atoms with Gasteiger partial charge in [-0.25, -0.2) is 13.9 Å². The summed E-state index contributed by atoms with van der Waals surface area (Å²) < 4.78 is 28.2. The molecule has 2 aliphatic carbocycles. The van der Waals surface area contributed by atoms with Gasteiger partial charge in [-0.3, -0.25) is 4.79 Å². The van der Waals surface area contributed by atoms with E-state index in [1.165, 1.54) is 12.1 Å². The second-order valence-corrected chi connectivity index (χ2v) is 12.5. The van der Waals surface area contributed by atoms with Gasteiger partial charge in [-0.15, -0.1) is 0 Å². The standard InChI is InChI=1S/C34H41ClFN3O4/c1-4-42-33(41)34(2,3)43-25-19-20-29(27(36)21-25)37-32(40)30(22-11-7-5-8-12-22)31-26-13-9-6-10-14-28(26)38-39(31)24-17-15-23(35)16-18-24/h15-22,30H,4-14H2,1-3H3,(H,37,40). The van der Waals surface area contributed by atoms with Crippen LogP contribution in [0.15, 0.2) is 42.5 Å². The van der Waals surface area contributed by atoms with Crippen LogP contribution in [0.4, 0.5) is 10.1 Å². The summed E-state index contributed by atoms with van der Waals surface area (Å²) in [5, 5.41) is 8.62. The van der Waals surface area contributed by atoms with Crippen LogP contribution >= 0.6 is 11.6 Å². The number of hydrogen-bond donors (Lipinski definition) is 1. The second kappa shape index (κ2) is 13.5. The lowest BCUT2D eigenvalue weighted by molar-refractivity contribution is -0.158. The molecule has 1 amide bonds. The quantitative estimate of drug-likeness (QED) is 0.197. The topological polar surface area (TPSA) is 82.4 Å². The molecule has 1 heterocycles. The number of nitrogens with one attached hydrogen (secondary N) is 1. The van der Waals surface area contributed by atoms with Gasteiger partial charge in [0.2, 0.25) is 5.91 Å². The predicted octanol–water partition coefficient (Wildman–Crippen LogP) is 7.96. The van der Waals surface area contributed by atoms with E-state index >= 15 is 4.39 Å². The van der Waals surface area contributed by atoms with Crippen molar-refractivity contribution in [2.24, 2.45) is 5.92 Å². The van der Waals surface area contributed by atoms with Crippen LogP contribution in [0.2, 0.25) is 5.02 Å². The number of ether oxygens (including phenoxy) is 2. The van der Waals surface area contributed by atoms with Crippen LogP contribution < -0.4 is 10.1 Å². The van der Waals surface area contributed by atoms with Gasteiger partial charge in [-0.2, -0.15) is 5.10 Å². The Balaban J connectivity index is 1.50. The number of benzene rings is 2. The Morgan fingerprint density at radius 1 is 1.05 bits per heavy atom. The molecule has 1 fully saturated rings. The molecule has 1 atom stereocenters. The van der Waals surface area contributed by atoms with Crippen molar-refractivity contribution in [2.45, 2.75) is 96.5 Å². The fourth-order valence-corrected chi connectivity index (χ4v) is 6.52. The van der Waals surface area contributed by atoms with Gasteiger partial charge in [0.05, 0.1) is 35.3 Å². The van der Waals surface area contributed by atoms with Gasteiger partial charge in [-0.05, 0) is 107 Å². The van der Waals surface area contributed by atoms with Gasteiger partial charge in [0, 0.05) is 11.1 Å². The number of fused-ring (bicyclic) bond motifs is 1. The Morgan fingerprint density at radius 3 is 2.44 bits per heavy atom. The molecule has 0 saturated heterocycles. The predicted molar refractivity (Wildman–Crippen MR) is 166 cm³/mol. The van der Waals surface area contributed by atoms with Gasteiger partial charge in [0.1, 0.15) is 11.6 Å². The maximum atomic E-state index is 15.5. The van der Waals surface area contributed by atoms with E-state index in [1.807, 2.05) is 28.9 Å². The molecule has 1 saturated carbocycles. The third-order valence-corrected chi connectivity index (χ3v) is 8.81. The molecule has 1 N–H and O–H groups in total. The first kappa shape index (κ1) is 31.0. The highest BCUT2D eigenvalue weighted by molar-refractivity contribution is 6.30. The highest BCUT2D eigenvalue weighted by atomic mass is 35.5. The number of nitrogens with zero attached hydrogens (tertiary/aromatic N) is 2. The highest BCUT2D eigenvalue weighted by Crippen LogP contribution is 2.41. The van der Waals surface area contributed by atoms with Crippen molar-refractivity contribution in [3.05, 3.63) is 70.3 Å². The Kier molecular flexibility index (Phi) is 9.75. The Morgan fingerprint density at radius 2 is 1.74 bits per heavy atom. The number of anilines is 1. The number of carbonyl (C=O) groups excluding carboxylic acids is 2. The normalized spacial score (nSPS) is 16.6. The first-order chi connectivity index (χ1) is 20.7. The molecule has 3 aromatic rings.